The van der Waals surface area contributed by atoms with Crippen LogP contribution < -0.4 is 10.2 Å². The third-order valence-electron chi connectivity index (χ3n) is 3.40. The lowest BCUT2D eigenvalue weighted by molar-refractivity contribution is -0.133. The van der Waals surface area contributed by atoms with E-state index in [9.17, 15) is 14.0 Å². The summed E-state index contributed by atoms with van der Waals surface area (Å²) in [7, 11) is 2.41. The van der Waals surface area contributed by atoms with Crippen molar-refractivity contribution >= 4 is 23.2 Å². The van der Waals surface area contributed by atoms with Crippen LogP contribution in [0.15, 0.2) is 53.6 Å². The minimum absolute atomic E-state index is 0.0336. The number of hydrogen-bond acceptors (Lipinski definition) is 7. The fourth-order valence-electron chi connectivity index (χ4n) is 2.05. The lowest BCUT2D eigenvalue weighted by Crippen LogP contribution is -2.29. The smallest absolute Gasteiger partial charge is 0.362 e. The third-order valence-corrected chi connectivity index (χ3v) is 3.40. The van der Waals surface area contributed by atoms with Crippen molar-refractivity contribution in [3.05, 3.63) is 59.9 Å². The van der Waals surface area contributed by atoms with E-state index in [-0.39, 0.29) is 12.3 Å². The highest BCUT2D eigenvalue weighted by Gasteiger charge is 2.21. The maximum atomic E-state index is 14.2. The van der Waals surface area contributed by atoms with Crippen LogP contribution in [-0.2, 0) is 25.7 Å². The Morgan fingerprint density at radius 2 is 1.85 bits per heavy atom. The molecule has 0 bridgehead atoms. The van der Waals surface area contributed by atoms with Crippen LogP contribution >= 0.6 is 0 Å². The number of rotatable bonds is 9. The molecule has 0 fully saturated rings. The van der Waals surface area contributed by atoms with Gasteiger partial charge in [0.2, 0.25) is 11.5 Å². The molecule has 1 N–H and O–H groups in total. The highest BCUT2D eigenvalue weighted by Crippen LogP contribution is 2.21. The van der Waals surface area contributed by atoms with Crippen LogP contribution in [0.25, 0.3) is 0 Å². The van der Waals surface area contributed by atoms with E-state index in [0.29, 0.717) is 12.4 Å². The summed E-state index contributed by atoms with van der Waals surface area (Å²) in [5.41, 5.74) is 2.74. The Morgan fingerprint density at radius 3 is 2.48 bits per heavy atom. The van der Waals surface area contributed by atoms with Crippen molar-refractivity contribution in [1.29, 1.82) is 0 Å². The number of Topliss-reactive ketones (excluding diaryl/α,β-unsaturated/α-hetero) is 1. The van der Waals surface area contributed by atoms with Crippen LogP contribution in [0.1, 0.15) is 5.56 Å². The Morgan fingerprint density at radius 1 is 1.11 bits per heavy atom. The van der Waals surface area contributed by atoms with Gasteiger partial charge < -0.3 is 14.2 Å². The van der Waals surface area contributed by atoms with Gasteiger partial charge in [-0.1, -0.05) is 30.3 Å². The number of nitrogens with zero attached hydrogens (tertiary/aromatic N) is 1. The summed E-state index contributed by atoms with van der Waals surface area (Å²) < 4.78 is 28.9. The number of ketones is 1. The van der Waals surface area contributed by atoms with Gasteiger partial charge in [-0.3, -0.25) is 10.2 Å². The molecule has 0 unspecified atom stereocenters. The van der Waals surface area contributed by atoms with Gasteiger partial charge in [0.25, 0.3) is 0 Å². The molecule has 0 amide bonds. The predicted molar refractivity (Wildman–Crippen MR) is 97.1 cm³/mol. The van der Waals surface area contributed by atoms with Crippen LogP contribution in [0.4, 0.5) is 10.1 Å². The van der Waals surface area contributed by atoms with E-state index in [2.05, 4.69) is 20.0 Å². The van der Waals surface area contributed by atoms with Crippen molar-refractivity contribution < 1.29 is 28.2 Å². The zero-order valence-corrected chi connectivity index (χ0v) is 14.9. The van der Waals surface area contributed by atoms with E-state index in [1.165, 1.54) is 19.2 Å². The van der Waals surface area contributed by atoms with Crippen molar-refractivity contribution in [3.63, 3.8) is 0 Å². The molecule has 0 radical (unpaired) electrons. The lowest BCUT2D eigenvalue weighted by atomic mass is 10.2. The molecular weight excluding hydrogens is 355 g/mol. The van der Waals surface area contributed by atoms with E-state index in [1.807, 2.05) is 30.3 Å². The molecule has 0 spiro atoms. The number of nitrogens with one attached hydrogen (secondary N) is 1. The number of hydrazone groups is 1. The zero-order valence-electron chi connectivity index (χ0n) is 14.9. The average molecular weight is 374 g/mol. The molecule has 0 aromatic heterocycles. The SMILES string of the molecule is COCC(=O)/C(=N/Nc1ccc(OCc2ccccc2)cc1F)C(=O)OC. The highest BCUT2D eigenvalue weighted by molar-refractivity contribution is 6.64. The third kappa shape index (κ3) is 5.89. The fraction of sp³-hybridized carbons (Fsp3) is 0.211. The van der Waals surface area contributed by atoms with Crippen molar-refractivity contribution in [3.8, 4) is 5.75 Å². The monoisotopic (exact) mass is 374 g/mol. The molecule has 0 aliphatic carbocycles. The fourth-order valence-corrected chi connectivity index (χ4v) is 2.05. The minimum atomic E-state index is -0.951. The molecule has 0 aliphatic rings. The Kier molecular flexibility index (Phi) is 7.45. The van der Waals surface area contributed by atoms with Crippen LogP contribution in [-0.4, -0.2) is 38.3 Å². The summed E-state index contributed by atoms with van der Waals surface area (Å²) in [6.07, 6.45) is 0. The first-order valence-electron chi connectivity index (χ1n) is 7.95. The van der Waals surface area contributed by atoms with Crippen LogP contribution in [0, 0.1) is 5.82 Å². The molecule has 0 atom stereocenters. The number of anilines is 1. The summed E-state index contributed by atoms with van der Waals surface area (Å²) in [6, 6.07) is 13.5. The van der Waals surface area contributed by atoms with Crippen LogP contribution in [0.5, 0.6) is 5.75 Å². The Balaban J connectivity index is 2.07. The quantitative estimate of drug-likeness (QED) is 0.314. The van der Waals surface area contributed by atoms with E-state index >= 15 is 0 Å². The molecule has 2 aromatic carbocycles. The maximum Gasteiger partial charge on any atom is 0.362 e. The molecule has 0 aliphatic heterocycles. The number of carbonyl (C=O) groups excluding carboxylic acids is 2. The Labute approximate surface area is 155 Å². The van der Waals surface area contributed by atoms with Crippen molar-refractivity contribution in [2.24, 2.45) is 5.10 Å². The first-order chi connectivity index (χ1) is 13.0. The molecule has 8 heteroatoms. The van der Waals surface area contributed by atoms with Gasteiger partial charge in [0, 0.05) is 13.2 Å². The second-order valence-electron chi connectivity index (χ2n) is 5.34. The first-order valence-corrected chi connectivity index (χ1v) is 7.95. The summed E-state index contributed by atoms with van der Waals surface area (Å²) in [4.78, 5) is 23.4. The summed E-state index contributed by atoms with van der Waals surface area (Å²) in [6.45, 7) is -0.0619. The number of halogens is 1. The van der Waals surface area contributed by atoms with Gasteiger partial charge >= 0.3 is 5.97 Å². The summed E-state index contributed by atoms with van der Waals surface area (Å²) >= 11 is 0. The number of hydrogen-bond donors (Lipinski definition) is 1. The number of carbonyl (C=O) groups is 2. The normalized spacial score (nSPS) is 11.0. The standard InChI is InChI=1S/C19H19FN2O5/c1-25-12-17(23)18(19(24)26-2)22-21-16-9-8-14(10-15(16)20)27-11-13-6-4-3-5-7-13/h3-10,21H,11-12H2,1-2H3/b22-18-. The number of ether oxygens (including phenoxy) is 3. The number of methoxy groups -OCH3 is 2. The molecule has 7 nitrogen and oxygen atoms in total. The molecule has 142 valence electrons. The highest BCUT2D eigenvalue weighted by atomic mass is 19.1. The average Bonchev–Trinajstić information content (AvgIpc) is 2.68. The molecule has 2 aromatic rings. The van der Waals surface area contributed by atoms with Crippen molar-refractivity contribution in [1.82, 2.24) is 0 Å². The maximum absolute atomic E-state index is 14.2. The van der Waals surface area contributed by atoms with Crippen molar-refractivity contribution in [2.75, 3.05) is 26.3 Å². The molecule has 0 saturated carbocycles. The van der Waals surface area contributed by atoms with Crippen LogP contribution in [0.3, 0.4) is 0 Å². The molecule has 2 rings (SSSR count). The van der Waals surface area contributed by atoms with E-state index < -0.39 is 23.3 Å². The number of esters is 1. The van der Waals surface area contributed by atoms with Gasteiger partial charge in [-0.05, 0) is 17.7 Å². The van der Waals surface area contributed by atoms with Gasteiger partial charge in [-0.2, -0.15) is 5.10 Å². The predicted octanol–water partition coefficient (Wildman–Crippen LogP) is 2.56. The van der Waals surface area contributed by atoms with Gasteiger partial charge in [0.05, 0.1) is 12.8 Å². The first kappa shape index (κ1) is 20.1. The second-order valence-corrected chi connectivity index (χ2v) is 5.34. The molecule has 27 heavy (non-hydrogen) atoms. The molecule has 0 saturated heterocycles. The van der Waals surface area contributed by atoms with Gasteiger partial charge in [0.1, 0.15) is 19.0 Å². The van der Waals surface area contributed by atoms with Gasteiger partial charge in [-0.25, -0.2) is 9.18 Å². The lowest BCUT2D eigenvalue weighted by Gasteiger charge is -2.09. The van der Waals surface area contributed by atoms with Crippen molar-refractivity contribution in [2.45, 2.75) is 6.61 Å². The minimum Gasteiger partial charge on any atom is -0.489 e. The van der Waals surface area contributed by atoms with Gasteiger partial charge in [0.15, 0.2) is 5.82 Å². The zero-order chi connectivity index (χ0) is 19.6. The Bertz CT molecular complexity index is 824. The second kappa shape index (κ2) is 10.0. The van der Waals surface area contributed by atoms with Gasteiger partial charge in [-0.15, -0.1) is 0 Å². The topological polar surface area (TPSA) is 86.2 Å². The van der Waals surface area contributed by atoms with E-state index in [4.69, 9.17) is 4.74 Å². The Hall–Kier alpha value is -3.26. The largest absolute Gasteiger partial charge is 0.489 e. The van der Waals surface area contributed by atoms with E-state index in [0.717, 1.165) is 12.7 Å². The molecule has 0 heterocycles. The van der Waals surface area contributed by atoms with E-state index in [1.54, 1.807) is 6.07 Å². The summed E-state index contributed by atoms with van der Waals surface area (Å²) in [5.74, 6) is -1.98. The number of benzene rings is 2. The summed E-state index contributed by atoms with van der Waals surface area (Å²) in [5, 5.41) is 3.65. The molecular formula is C19H19FN2O5. The van der Waals surface area contributed by atoms with Crippen LogP contribution in [0.2, 0.25) is 0 Å².